The predicted molar refractivity (Wildman–Crippen MR) is 102 cm³/mol. The average molecular weight is 377 g/mol. The van der Waals surface area contributed by atoms with E-state index in [0.29, 0.717) is 27.8 Å². The molecule has 2 rings (SSSR count). The molecule has 0 saturated carbocycles. The second kappa shape index (κ2) is 9.35. The maximum Gasteiger partial charge on any atom is 0.236 e. The van der Waals surface area contributed by atoms with Crippen molar-refractivity contribution in [3.63, 3.8) is 0 Å². The Bertz CT molecular complexity index is 773. The Morgan fingerprint density at radius 2 is 1.80 bits per heavy atom. The van der Waals surface area contributed by atoms with Crippen LogP contribution in [0.15, 0.2) is 53.5 Å². The van der Waals surface area contributed by atoms with Crippen LogP contribution in [0.25, 0.3) is 0 Å². The molecule has 0 aromatic heterocycles. The lowest BCUT2D eigenvalue weighted by atomic mass is 9.97. The Morgan fingerprint density at radius 3 is 2.44 bits per heavy atom. The van der Waals surface area contributed by atoms with Crippen LogP contribution in [0.1, 0.15) is 23.7 Å². The van der Waals surface area contributed by atoms with Crippen molar-refractivity contribution in [2.24, 2.45) is 10.9 Å². The molecule has 2 aromatic rings. The van der Waals surface area contributed by atoms with Crippen molar-refractivity contribution in [2.75, 3.05) is 6.54 Å². The molecule has 1 amide bonds. The van der Waals surface area contributed by atoms with E-state index in [2.05, 4.69) is 10.3 Å². The lowest BCUT2D eigenvalue weighted by molar-refractivity contribution is -0.121. The van der Waals surface area contributed by atoms with E-state index in [-0.39, 0.29) is 0 Å². The minimum absolute atomic E-state index is 0.295. The molecule has 25 heavy (non-hydrogen) atoms. The molecule has 4 nitrogen and oxygen atoms in total. The molecule has 0 fully saturated rings. The molecule has 0 heterocycles. The Hall–Kier alpha value is -2.17. The van der Waals surface area contributed by atoms with Gasteiger partial charge in [0.1, 0.15) is 5.92 Å². The molecule has 6 heteroatoms. The summed E-state index contributed by atoms with van der Waals surface area (Å²) in [6.07, 6.45) is 2.12. The van der Waals surface area contributed by atoms with E-state index in [1.54, 1.807) is 48.5 Å². The van der Waals surface area contributed by atoms with E-state index in [4.69, 9.17) is 23.2 Å². The number of hydrogen-bond acceptors (Lipinski definition) is 3. The van der Waals surface area contributed by atoms with Crippen LogP contribution < -0.4 is 5.32 Å². The van der Waals surface area contributed by atoms with Gasteiger partial charge in [0.25, 0.3) is 0 Å². The molecule has 2 aromatic carbocycles. The third kappa shape index (κ3) is 5.41. The van der Waals surface area contributed by atoms with Gasteiger partial charge in [-0.15, -0.1) is 0 Å². The van der Waals surface area contributed by atoms with Gasteiger partial charge in [-0.05, 0) is 42.8 Å². The van der Waals surface area contributed by atoms with Gasteiger partial charge in [-0.2, -0.15) is 0 Å². The molecular formula is C19H18Cl2N2O2. The predicted octanol–water partition coefficient (Wildman–Crippen LogP) is 4.72. The van der Waals surface area contributed by atoms with Crippen molar-refractivity contribution in [1.82, 2.24) is 5.32 Å². The molecule has 0 aliphatic rings. The van der Waals surface area contributed by atoms with Crippen molar-refractivity contribution in [1.29, 1.82) is 0 Å². The van der Waals surface area contributed by atoms with Crippen LogP contribution in [0.5, 0.6) is 0 Å². The van der Waals surface area contributed by atoms with Gasteiger partial charge in [0.15, 0.2) is 5.78 Å². The number of nitrogens with zero attached hydrogens (tertiary/aromatic N) is 1. The Balaban J connectivity index is 2.29. The first-order valence-electron chi connectivity index (χ1n) is 7.89. The van der Waals surface area contributed by atoms with Gasteiger partial charge in [-0.25, -0.2) is 0 Å². The highest BCUT2D eigenvalue weighted by molar-refractivity contribution is 6.35. The lowest BCUT2D eigenvalue weighted by Crippen LogP contribution is -2.37. The maximum absolute atomic E-state index is 12.8. The number of hydrogen-bond donors (Lipinski definition) is 1. The molecule has 0 radical (unpaired) electrons. The van der Waals surface area contributed by atoms with Crippen LogP contribution in [-0.2, 0) is 4.79 Å². The van der Waals surface area contributed by atoms with Gasteiger partial charge in [0.2, 0.25) is 5.91 Å². The number of carbonyl (C=O) groups is 2. The summed E-state index contributed by atoms with van der Waals surface area (Å²) in [5, 5.41) is 3.63. The van der Waals surface area contributed by atoms with Crippen LogP contribution in [-0.4, -0.2) is 24.4 Å². The van der Waals surface area contributed by atoms with Crippen LogP contribution in [0, 0.1) is 5.92 Å². The van der Waals surface area contributed by atoms with Gasteiger partial charge in [-0.3, -0.25) is 14.6 Å². The van der Waals surface area contributed by atoms with Gasteiger partial charge in [0.05, 0.1) is 10.7 Å². The molecule has 0 saturated heterocycles. The zero-order valence-corrected chi connectivity index (χ0v) is 15.2. The molecule has 130 valence electrons. The number of halogens is 2. The first kappa shape index (κ1) is 19.2. The highest BCUT2D eigenvalue weighted by Gasteiger charge is 2.27. The summed E-state index contributed by atoms with van der Waals surface area (Å²) in [6, 6.07) is 13.4. The topological polar surface area (TPSA) is 58.5 Å². The number of carbonyl (C=O) groups excluding carboxylic acids is 2. The van der Waals surface area contributed by atoms with E-state index in [1.165, 1.54) is 6.21 Å². The van der Waals surface area contributed by atoms with Gasteiger partial charge in [-0.1, -0.05) is 42.3 Å². The first-order valence-corrected chi connectivity index (χ1v) is 8.64. The van der Waals surface area contributed by atoms with Crippen LogP contribution in [0.3, 0.4) is 0 Å². The first-order chi connectivity index (χ1) is 12.0. The molecule has 1 N–H and O–H groups in total. The number of nitrogens with one attached hydrogen (secondary N) is 1. The third-order valence-electron chi connectivity index (χ3n) is 3.45. The monoisotopic (exact) mass is 376 g/mol. The largest absolute Gasteiger partial charge is 0.355 e. The maximum atomic E-state index is 12.8. The van der Waals surface area contributed by atoms with Crippen molar-refractivity contribution >= 4 is 46.8 Å². The summed E-state index contributed by atoms with van der Waals surface area (Å²) < 4.78 is 0. The number of aliphatic imine (C=N–C) groups is 1. The molecule has 1 unspecified atom stereocenters. The van der Waals surface area contributed by atoms with E-state index < -0.39 is 17.6 Å². The normalized spacial score (nSPS) is 12.1. The SMILES string of the molecule is CCCNC(=O)C(C=Nc1ccc(Cl)cc1)C(=O)c1ccccc1Cl. The van der Waals surface area contributed by atoms with E-state index >= 15 is 0 Å². The quantitative estimate of drug-likeness (QED) is 0.431. The zero-order valence-electron chi connectivity index (χ0n) is 13.7. The van der Waals surface area contributed by atoms with Gasteiger partial charge in [0, 0.05) is 23.3 Å². The van der Waals surface area contributed by atoms with Crippen molar-refractivity contribution in [3.8, 4) is 0 Å². The van der Waals surface area contributed by atoms with Crippen LogP contribution in [0.4, 0.5) is 5.69 Å². The number of ketones is 1. The summed E-state index contributed by atoms with van der Waals surface area (Å²) in [6.45, 7) is 2.42. The molecule has 0 bridgehead atoms. The van der Waals surface area contributed by atoms with Crippen molar-refractivity contribution < 1.29 is 9.59 Å². The zero-order chi connectivity index (χ0) is 18.2. The van der Waals surface area contributed by atoms with Gasteiger partial charge >= 0.3 is 0 Å². The highest BCUT2D eigenvalue weighted by atomic mass is 35.5. The average Bonchev–Trinajstić information content (AvgIpc) is 2.61. The molecule has 1 atom stereocenters. The lowest BCUT2D eigenvalue weighted by Gasteiger charge is -2.12. The second-order valence-electron chi connectivity index (χ2n) is 5.37. The summed E-state index contributed by atoms with van der Waals surface area (Å²) in [5.41, 5.74) is 0.896. The Kier molecular flexibility index (Phi) is 7.16. The minimum Gasteiger partial charge on any atom is -0.355 e. The Morgan fingerprint density at radius 1 is 1.12 bits per heavy atom. The third-order valence-corrected chi connectivity index (χ3v) is 4.03. The van der Waals surface area contributed by atoms with E-state index in [1.807, 2.05) is 6.92 Å². The number of benzene rings is 2. The summed E-state index contributed by atoms with van der Waals surface area (Å²) in [7, 11) is 0. The van der Waals surface area contributed by atoms with Crippen LogP contribution >= 0.6 is 23.2 Å². The van der Waals surface area contributed by atoms with Gasteiger partial charge < -0.3 is 5.32 Å². The minimum atomic E-state index is -1.05. The standard InChI is InChI=1S/C19H18Cl2N2O2/c1-2-11-22-19(25)16(12-23-14-9-7-13(20)8-10-14)18(24)15-5-3-4-6-17(15)21/h3-10,12,16H,2,11H2,1H3,(H,22,25). The number of rotatable bonds is 7. The smallest absolute Gasteiger partial charge is 0.236 e. The second-order valence-corrected chi connectivity index (χ2v) is 6.21. The molecule has 0 spiro atoms. The highest BCUT2D eigenvalue weighted by Crippen LogP contribution is 2.20. The van der Waals surface area contributed by atoms with Crippen LogP contribution in [0.2, 0.25) is 10.0 Å². The fourth-order valence-electron chi connectivity index (χ4n) is 2.13. The molecular weight excluding hydrogens is 359 g/mol. The van der Waals surface area contributed by atoms with Crippen molar-refractivity contribution in [2.45, 2.75) is 13.3 Å². The molecule has 0 aliphatic heterocycles. The fourth-order valence-corrected chi connectivity index (χ4v) is 2.48. The summed E-state index contributed by atoms with van der Waals surface area (Å²) in [4.78, 5) is 29.4. The van der Waals surface area contributed by atoms with Crippen molar-refractivity contribution in [3.05, 3.63) is 64.1 Å². The number of Topliss-reactive ketones (excluding diaryl/α,β-unsaturated/α-hetero) is 1. The van der Waals surface area contributed by atoms with E-state index in [0.717, 1.165) is 6.42 Å². The summed E-state index contributed by atoms with van der Waals surface area (Å²) >= 11 is 11.9. The Labute approximate surface area is 156 Å². The fraction of sp³-hybridized carbons (Fsp3) is 0.211. The summed E-state index contributed by atoms with van der Waals surface area (Å²) in [5.74, 6) is -1.84. The van der Waals surface area contributed by atoms with E-state index in [9.17, 15) is 9.59 Å². The number of amides is 1. The molecule has 0 aliphatic carbocycles.